The van der Waals surface area contributed by atoms with Gasteiger partial charge in [0.15, 0.2) is 0 Å². The molecular formula is C22H17BF6O7S. The zero-order chi connectivity index (χ0) is 27.8. The fourth-order valence-electron chi connectivity index (χ4n) is 3.61. The molecule has 198 valence electrons. The topological polar surface area (TPSA) is 107 Å². The Hall–Kier alpha value is -3.33. The Morgan fingerprint density at radius 1 is 1.00 bits per heavy atom. The van der Waals surface area contributed by atoms with E-state index in [1.54, 1.807) is 38.2 Å². The van der Waals surface area contributed by atoms with Crippen LogP contribution in [0.25, 0.3) is 6.08 Å². The van der Waals surface area contributed by atoms with Gasteiger partial charge in [0.05, 0.1) is 0 Å². The predicted molar refractivity (Wildman–Crippen MR) is 119 cm³/mol. The van der Waals surface area contributed by atoms with Gasteiger partial charge in [-0.05, 0) is 23.3 Å². The van der Waals surface area contributed by atoms with Gasteiger partial charge in [-0.3, -0.25) is 9.35 Å². The average molecular weight is 550 g/mol. The second-order valence-corrected chi connectivity index (χ2v) is 9.46. The van der Waals surface area contributed by atoms with E-state index >= 15 is 0 Å². The number of carbonyl (C=O) groups excluding carboxylic acids is 2. The summed E-state index contributed by atoms with van der Waals surface area (Å²) < 4.78 is 121. The lowest BCUT2D eigenvalue weighted by molar-refractivity contribution is -0.356. The molecule has 0 heterocycles. The Labute approximate surface area is 207 Å². The number of esters is 2. The molecule has 7 nitrogen and oxygen atoms in total. The summed E-state index contributed by atoms with van der Waals surface area (Å²) in [6, 6.07) is 9.66. The van der Waals surface area contributed by atoms with Crippen molar-refractivity contribution < 1.29 is 58.4 Å². The SMILES string of the molecule is BCc1ccc(C(=O)OC(CS(=O)(=O)O)(C(F)(F)F)C(F)(F)F)c(OC(=O)C2C=Cc3ccccc32)c1. The number of carbonyl (C=O) groups is 2. The number of fused-ring (bicyclic) bond motifs is 1. The fourth-order valence-corrected chi connectivity index (χ4v) is 4.51. The summed E-state index contributed by atoms with van der Waals surface area (Å²) in [5.74, 6) is -7.98. The minimum absolute atomic E-state index is 0.282. The standard InChI is InChI=1S/C22H17BF6O7S/c23-10-12-5-7-16(17(9-12)35-18(30)15-8-6-13-3-1-2-4-14(13)15)19(31)36-20(21(24,25)26,22(27,28)29)11-37(32,33)34/h1-9,15H,10-11,23H2,(H,32,33,34). The van der Waals surface area contributed by atoms with Crippen molar-refractivity contribution in [3.05, 3.63) is 70.8 Å². The molecule has 1 aliphatic carbocycles. The van der Waals surface area contributed by atoms with Crippen LogP contribution in [0.4, 0.5) is 26.3 Å². The lowest BCUT2D eigenvalue weighted by Gasteiger charge is -2.35. The van der Waals surface area contributed by atoms with E-state index in [0.717, 1.165) is 12.1 Å². The number of benzene rings is 2. The molecule has 0 radical (unpaired) electrons. The zero-order valence-corrected chi connectivity index (χ0v) is 19.6. The van der Waals surface area contributed by atoms with E-state index in [1.807, 2.05) is 0 Å². The van der Waals surface area contributed by atoms with E-state index in [4.69, 9.17) is 9.29 Å². The normalized spacial score (nSPS) is 15.8. The lowest BCUT2D eigenvalue weighted by Crippen LogP contribution is -2.63. The largest absolute Gasteiger partial charge is 0.438 e. The number of alkyl halides is 6. The van der Waals surface area contributed by atoms with Crippen molar-refractivity contribution in [3.63, 3.8) is 0 Å². The molecule has 15 heteroatoms. The maximum Gasteiger partial charge on any atom is 0.438 e. The monoisotopic (exact) mass is 550 g/mol. The van der Waals surface area contributed by atoms with Crippen LogP contribution in [0.2, 0.25) is 0 Å². The van der Waals surface area contributed by atoms with Crippen molar-refractivity contribution >= 4 is 36.0 Å². The van der Waals surface area contributed by atoms with Gasteiger partial charge in [0.2, 0.25) is 0 Å². The first-order valence-corrected chi connectivity index (χ1v) is 12.0. The molecule has 1 N–H and O–H groups in total. The minimum atomic E-state index is -6.50. The molecule has 3 rings (SSSR count). The molecule has 1 aliphatic rings. The van der Waals surface area contributed by atoms with Gasteiger partial charge >= 0.3 is 29.9 Å². The highest BCUT2D eigenvalue weighted by Crippen LogP contribution is 2.47. The number of halogens is 6. The third kappa shape index (κ3) is 5.82. The van der Waals surface area contributed by atoms with Crippen molar-refractivity contribution in [2.45, 2.75) is 30.2 Å². The van der Waals surface area contributed by atoms with Gasteiger partial charge in [0.25, 0.3) is 10.1 Å². The smallest absolute Gasteiger partial charge is 0.434 e. The van der Waals surface area contributed by atoms with Gasteiger partial charge in [-0.1, -0.05) is 54.4 Å². The molecular weight excluding hydrogens is 533 g/mol. The molecule has 2 aromatic carbocycles. The highest BCUT2D eigenvalue weighted by atomic mass is 32.2. The van der Waals surface area contributed by atoms with E-state index in [0.29, 0.717) is 16.7 Å². The summed E-state index contributed by atoms with van der Waals surface area (Å²) in [6.07, 6.45) is -9.66. The van der Waals surface area contributed by atoms with Gasteiger partial charge in [-0.25, -0.2) is 4.79 Å². The Kier molecular flexibility index (Phi) is 7.52. The van der Waals surface area contributed by atoms with E-state index in [1.165, 1.54) is 12.1 Å². The molecule has 37 heavy (non-hydrogen) atoms. The molecule has 1 unspecified atom stereocenters. The van der Waals surface area contributed by atoms with Crippen molar-refractivity contribution in [1.82, 2.24) is 0 Å². The second-order valence-electron chi connectivity index (χ2n) is 8.01. The first-order valence-electron chi connectivity index (χ1n) is 10.4. The van der Waals surface area contributed by atoms with E-state index in [-0.39, 0.29) is 6.32 Å². The van der Waals surface area contributed by atoms with E-state index < -0.39 is 63.0 Å². The van der Waals surface area contributed by atoms with Gasteiger partial charge in [-0.15, -0.1) is 0 Å². The molecule has 0 saturated heterocycles. The van der Waals surface area contributed by atoms with Crippen molar-refractivity contribution in [3.8, 4) is 5.75 Å². The summed E-state index contributed by atoms with van der Waals surface area (Å²) in [5, 5.41) is 0. The summed E-state index contributed by atoms with van der Waals surface area (Å²) in [6.45, 7) is 0. The van der Waals surface area contributed by atoms with Crippen molar-refractivity contribution in [2.24, 2.45) is 0 Å². The molecule has 1 atom stereocenters. The highest BCUT2D eigenvalue weighted by Gasteiger charge is 2.76. The number of hydrogen-bond donors (Lipinski definition) is 1. The number of ether oxygens (including phenoxy) is 2. The molecule has 0 amide bonds. The van der Waals surface area contributed by atoms with Crippen LogP contribution in [0.1, 0.15) is 33.0 Å². The summed E-state index contributed by atoms with van der Waals surface area (Å²) in [4.78, 5) is 25.5. The average Bonchev–Trinajstić information content (AvgIpc) is 3.20. The lowest BCUT2D eigenvalue weighted by atomic mass is 9.95. The maximum atomic E-state index is 13.6. The van der Waals surface area contributed by atoms with Gasteiger partial charge in [0, 0.05) is 0 Å². The van der Waals surface area contributed by atoms with E-state index in [9.17, 15) is 44.3 Å². The third-order valence-corrected chi connectivity index (χ3v) is 6.28. The summed E-state index contributed by atoms with van der Waals surface area (Å²) >= 11 is 0. The maximum absolute atomic E-state index is 13.6. The molecule has 0 aromatic heterocycles. The molecule has 0 spiro atoms. The van der Waals surface area contributed by atoms with Crippen molar-refractivity contribution in [1.29, 1.82) is 0 Å². The molecule has 0 fully saturated rings. The van der Waals surface area contributed by atoms with Gasteiger partial charge in [-0.2, -0.15) is 34.8 Å². The van der Waals surface area contributed by atoms with Crippen LogP contribution in [0.5, 0.6) is 5.75 Å². The Morgan fingerprint density at radius 2 is 1.62 bits per heavy atom. The second kappa shape index (κ2) is 9.86. The Bertz CT molecular complexity index is 1340. The Balaban J connectivity index is 2.02. The highest BCUT2D eigenvalue weighted by molar-refractivity contribution is 7.85. The summed E-state index contributed by atoms with van der Waals surface area (Å²) in [7, 11) is -4.33. The van der Waals surface area contributed by atoms with Crippen LogP contribution in [0.3, 0.4) is 0 Å². The molecule has 0 bridgehead atoms. The quantitative estimate of drug-likeness (QED) is 0.185. The van der Waals surface area contributed by atoms with Crippen LogP contribution in [0.15, 0.2) is 48.5 Å². The van der Waals surface area contributed by atoms with Crippen LogP contribution >= 0.6 is 0 Å². The fraction of sp³-hybridized carbons (Fsp3) is 0.273. The summed E-state index contributed by atoms with van der Waals surface area (Å²) in [5.41, 5.74) is -5.02. The molecule has 2 aromatic rings. The predicted octanol–water partition coefficient (Wildman–Crippen LogP) is 3.44. The van der Waals surface area contributed by atoms with E-state index in [2.05, 4.69) is 4.74 Å². The minimum Gasteiger partial charge on any atom is -0.434 e. The van der Waals surface area contributed by atoms with Crippen LogP contribution < -0.4 is 4.74 Å². The molecule has 0 saturated carbocycles. The van der Waals surface area contributed by atoms with Crippen molar-refractivity contribution in [2.75, 3.05) is 5.75 Å². The number of hydrogen-bond acceptors (Lipinski definition) is 6. The number of rotatable bonds is 7. The first kappa shape index (κ1) is 28.2. The Morgan fingerprint density at radius 3 is 2.19 bits per heavy atom. The van der Waals surface area contributed by atoms with Gasteiger partial charge < -0.3 is 9.47 Å². The third-order valence-electron chi connectivity index (χ3n) is 5.51. The van der Waals surface area contributed by atoms with Crippen LogP contribution in [-0.4, -0.2) is 56.5 Å². The molecule has 0 aliphatic heterocycles. The zero-order valence-electron chi connectivity index (χ0n) is 18.8. The first-order chi connectivity index (χ1) is 17.0. The van der Waals surface area contributed by atoms with Crippen LogP contribution in [0, 0.1) is 0 Å². The van der Waals surface area contributed by atoms with Gasteiger partial charge in [0.1, 0.15) is 30.8 Å². The van der Waals surface area contributed by atoms with Crippen LogP contribution in [-0.2, 0) is 26.0 Å².